The molecule has 1 aromatic rings. The largest absolute Gasteiger partial charge is 0.271 e. The van der Waals surface area contributed by atoms with E-state index in [2.05, 4.69) is 69.1 Å². The van der Waals surface area contributed by atoms with Gasteiger partial charge in [0.25, 0.3) is 0 Å². The number of nitrogens with two attached hydrogens (primary N) is 1. The Morgan fingerprint density at radius 2 is 2.31 bits per heavy atom. The van der Waals surface area contributed by atoms with E-state index in [0.29, 0.717) is 0 Å². The van der Waals surface area contributed by atoms with Crippen molar-refractivity contribution in [2.45, 2.75) is 19.4 Å². The van der Waals surface area contributed by atoms with E-state index in [0.717, 1.165) is 10.9 Å². The molecule has 0 saturated heterocycles. The summed E-state index contributed by atoms with van der Waals surface area (Å²) in [6, 6.07) is 6.48. The smallest absolute Gasteiger partial charge is 0.0468 e. The highest BCUT2D eigenvalue weighted by Crippen LogP contribution is 2.26. The molecule has 3 N–H and O–H groups in total. The summed E-state index contributed by atoms with van der Waals surface area (Å²) in [6.07, 6.45) is 0.981. The third kappa shape index (κ3) is 2.90. The first kappa shape index (κ1) is 11.4. The molecule has 0 heterocycles. The van der Waals surface area contributed by atoms with Gasteiger partial charge in [0.2, 0.25) is 0 Å². The Kier molecular flexibility index (Phi) is 4.64. The fourth-order valence-corrected chi connectivity index (χ4v) is 2.25. The molecule has 1 aromatic carbocycles. The highest BCUT2D eigenvalue weighted by molar-refractivity contribution is 14.1. The summed E-state index contributed by atoms with van der Waals surface area (Å²) in [5.74, 6) is 5.46. The normalized spacial score (nSPS) is 12.9. The van der Waals surface area contributed by atoms with E-state index in [1.807, 2.05) is 0 Å². The van der Waals surface area contributed by atoms with E-state index in [9.17, 15) is 0 Å². The fourth-order valence-electron chi connectivity index (χ4n) is 1.21. The summed E-state index contributed by atoms with van der Waals surface area (Å²) in [5, 5.41) is 0. The lowest BCUT2D eigenvalue weighted by atomic mass is 10.1. The molecule has 1 atom stereocenters. The third-order valence-corrected chi connectivity index (χ3v) is 3.34. The molecular weight excluding hydrogens is 343 g/mol. The molecule has 0 radical (unpaired) electrons. The molecule has 0 amide bonds. The van der Waals surface area contributed by atoms with Crippen molar-refractivity contribution in [3.05, 3.63) is 31.8 Å². The molecule has 0 aromatic heterocycles. The van der Waals surface area contributed by atoms with E-state index in [4.69, 9.17) is 5.84 Å². The van der Waals surface area contributed by atoms with Crippen molar-refractivity contribution in [2.75, 3.05) is 0 Å². The minimum absolute atomic E-state index is 0.226. The summed E-state index contributed by atoms with van der Waals surface area (Å²) in [6.45, 7) is 2.11. The molecule has 1 unspecified atom stereocenters. The van der Waals surface area contributed by atoms with E-state index < -0.39 is 0 Å². The topological polar surface area (TPSA) is 38.0 Å². The van der Waals surface area contributed by atoms with Crippen LogP contribution in [0, 0.1) is 3.57 Å². The predicted octanol–water partition coefficient (Wildman–Crippen LogP) is 2.97. The molecular formula is C9H12BrIN2. The van der Waals surface area contributed by atoms with Gasteiger partial charge in [-0.25, -0.2) is 0 Å². The molecule has 4 heteroatoms. The van der Waals surface area contributed by atoms with Crippen LogP contribution in [0.15, 0.2) is 22.7 Å². The second kappa shape index (κ2) is 5.29. The van der Waals surface area contributed by atoms with Gasteiger partial charge in [0.15, 0.2) is 0 Å². The highest BCUT2D eigenvalue weighted by Gasteiger charge is 2.10. The van der Waals surface area contributed by atoms with Gasteiger partial charge in [-0.3, -0.25) is 11.3 Å². The van der Waals surface area contributed by atoms with Crippen LogP contribution in [-0.4, -0.2) is 0 Å². The maximum atomic E-state index is 5.46. The molecule has 13 heavy (non-hydrogen) atoms. The number of halogens is 2. The van der Waals surface area contributed by atoms with Crippen molar-refractivity contribution >= 4 is 38.5 Å². The zero-order valence-electron chi connectivity index (χ0n) is 7.35. The van der Waals surface area contributed by atoms with Gasteiger partial charge in [-0.2, -0.15) is 0 Å². The summed E-state index contributed by atoms with van der Waals surface area (Å²) < 4.78 is 2.34. The molecule has 1 rings (SSSR count). The van der Waals surface area contributed by atoms with Gasteiger partial charge in [-0.15, -0.1) is 0 Å². The molecule has 72 valence electrons. The Balaban J connectivity index is 3.03. The Labute approximate surface area is 101 Å². The Hall–Kier alpha value is 0.350. The number of hydrogen-bond donors (Lipinski definition) is 2. The van der Waals surface area contributed by atoms with E-state index in [1.165, 1.54) is 9.13 Å². The lowest BCUT2D eigenvalue weighted by molar-refractivity contribution is 0.537. The summed E-state index contributed by atoms with van der Waals surface area (Å²) in [5.41, 5.74) is 4.02. The zero-order valence-corrected chi connectivity index (χ0v) is 11.1. The lowest BCUT2D eigenvalue weighted by Gasteiger charge is -2.15. The summed E-state index contributed by atoms with van der Waals surface area (Å²) in [7, 11) is 0. The van der Waals surface area contributed by atoms with Crippen molar-refractivity contribution in [1.82, 2.24) is 5.43 Å². The van der Waals surface area contributed by atoms with E-state index in [1.54, 1.807) is 0 Å². The second-order valence-electron chi connectivity index (χ2n) is 2.79. The third-order valence-electron chi connectivity index (χ3n) is 1.94. The number of benzene rings is 1. The molecule has 0 fully saturated rings. The Morgan fingerprint density at radius 1 is 1.62 bits per heavy atom. The van der Waals surface area contributed by atoms with E-state index >= 15 is 0 Å². The molecule has 0 aliphatic carbocycles. The van der Waals surface area contributed by atoms with Crippen LogP contribution in [-0.2, 0) is 0 Å². The second-order valence-corrected chi connectivity index (χ2v) is 4.89. The van der Waals surface area contributed by atoms with Crippen LogP contribution in [0.5, 0.6) is 0 Å². The molecule has 0 saturated carbocycles. The summed E-state index contributed by atoms with van der Waals surface area (Å²) in [4.78, 5) is 0. The first-order chi connectivity index (χ1) is 6.19. The molecule has 0 bridgehead atoms. The van der Waals surface area contributed by atoms with Gasteiger partial charge in [0.05, 0.1) is 0 Å². The van der Waals surface area contributed by atoms with Gasteiger partial charge in [-0.05, 0) is 52.8 Å². The van der Waals surface area contributed by atoms with Crippen molar-refractivity contribution in [3.63, 3.8) is 0 Å². The minimum Gasteiger partial charge on any atom is -0.271 e. The molecule has 0 aliphatic heterocycles. The molecule has 0 aliphatic rings. The Bertz CT molecular complexity index is 287. The molecule has 0 spiro atoms. The first-order valence-corrected chi connectivity index (χ1v) is 5.97. The van der Waals surface area contributed by atoms with Gasteiger partial charge in [-0.1, -0.05) is 22.9 Å². The van der Waals surface area contributed by atoms with Crippen molar-refractivity contribution < 1.29 is 0 Å². The van der Waals surface area contributed by atoms with Gasteiger partial charge in [0, 0.05) is 14.1 Å². The van der Waals surface area contributed by atoms with Crippen LogP contribution >= 0.6 is 38.5 Å². The van der Waals surface area contributed by atoms with Gasteiger partial charge in [0.1, 0.15) is 0 Å². The number of hydrazine groups is 1. The lowest BCUT2D eigenvalue weighted by Crippen LogP contribution is -2.27. The highest BCUT2D eigenvalue weighted by atomic mass is 127. The Morgan fingerprint density at radius 3 is 2.85 bits per heavy atom. The van der Waals surface area contributed by atoms with E-state index in [-0.39, 0.29) is 6.04 Å². The predicted molar refractivity (Wildman–Crippen MR) is 67.2 cm³/mol. The van der Waals surface area contributed by atoms with Crippen LogP contribution in [0.3, 0.4) is 0 Å². The van der Waals surface area contributed by atoms with Gasteiger partial charge < -0.3 is 0 Å². The van der Waals surface area contributed by atoms with Crippen molar-refractivity contribution in [1.29, 1.82) is 0 Å². The van der Waals surface area contributed by atoms with Crippen LogP contribution in [0.1, 0.15) is 24.9 Å². The monoisotopic (exact) mass is 354 g/mol. The van der Waals surface area contributed by atoms with Crippen LogP contribution in [0.25, 0.3) is 0 Å². The van der Waals surface area contributed by atoms with Gasteiger partial charge >= 0.3 is 0 Å². The fraction of sp³-hybridized carbons (Fsp3) is 0.333. The minimum atomic E-state index is 0.226. The number of rotatable bonds is 3. The van der Waals surface area contributed by atoms with Crippen LogP contribution in [0.2, 0.25) is 0 Å². The maximum absolute atomic E-state index is 5.46. The van der Waals surface area contributed by atoms with Crippen LogP contribution in [0.4, 0.5) is 0 Å². The average Bonchev–Trinajstić information content (AvgIpc) is 2.13. The molecule has 2 nitrogen and oxygen atoms in total. The first-order valence-electron chi connectivity index (χ1n) is 4.10. The quantitative estimate of drug-likeness (QED) is 0.497. The standard InChI is InChI=1S/C9H12BrIN2/c1-2-9(13-12)7-5-6(11)3-4-8(7)10/h3-5,9,13H,2,12H2,1H3. The number of nitrogens with one attached hydrogen (secondary N) is 1. The average molecular weight is 355 g/mol. The summed E-state index contributed by atoms with van der Waals surface area (Å²) >= 11 is 5.81. The maximum Gasteiger partial charge on any atom is 0.0468 e. The van der Waals surface area contributed by atoms with Crippen LogP contribution < -0.4 is 11.3 Å². The number of hydrogen-bond acceptors (Lipinski definition) is 2. The SMILES string of the molecule is CCC(NN)c1cc(I)ccc1Br. The zero-order chi connectivity index (χ0) is 9.84. The van der Waals surface area contributed by atoms with Crippen molar-refractivity contribution in [3.8, 4) is 0 Å². The van der Waals surface area contributed by atoms with Crippen molar-refractivity contribution in [2.24, 2.45) is 5.84 Å².